The first-order chi connectivity index (χ1) is 14.3. The molecule has 0 aliphatic rings. The van der Waals surface area contributed by atoms with Crippen LogP contribution in [0.4, 0.5) is 5.69 Å². The smallest absolute Gasteiger partial charge is 0.271 e. The number of aryl methyl sites for hydroxylation is 2. The fraction of sp³-hybridized carbons (Fsp3) is 0.238. The molecule has 1 aromatic carbocycles. The summed E-state index contributed by atoms with van der Waals surface area (Å²) in [6, 6.07) is 9.88. The molecule has 0 aliphatic heterocycles. The first-order valence-corrected chi connectivity index (χ1v) is 11.2. The van der Waals surface area contributed by atoms with Crippen molar-refractivity contribution in [3.8, 4) is 5.69 Å². The normalized spacial score (nSPS) is 11.2. The fourth-order valence-electron chi connectivity index (χ4n) is 3.16. The largest absolute Gasteiger partial charge is 0.322 e. The lowest BCUT2D eigenvalue weighted by molar-refractivity contribution is -0.113. The average Bonchev–Trinajstić information content (AvgIpc) is 3.30. The van der Waals surface area contributed by atoms with E-state index in [2.05, 4.69) is 15.4 Å². The van der Waals surface area contributed by atoms with Crippen LogP contribution >= 0.6 is 23.1 Å². The second kappa shape index (κ2) is 8.08. The monoisotopic (exact) mass is 439 g/mol. The number of carbonyl (C=O) groups is 1. The van der Waals surface area contributed by atoms with Crippen LogP contribution in [0.2, 0.25) is 0 Å². The molecule has 0 unspecified atom stereocenters. The van der Waals surface area contributed by atoms with Gasteiger partial charge in [0.25, 0.3) is 5.56 Å². The van der Waals surface area contributed by atoms with E-state index in [0.29, 0.717) is 21.1 Å². The van der Waals surface area contributed by atoms with Crippen LogP contribution in [-0.4, -0.2) is 31.0 Å². The molecule has 0 saturated carbocycles. The standard InChI is InChI=1S/C21H21N5O2S2/c1-12-5-7-15(8-6-12)26-14(3)18(13(2)24-26)23-17(27)11-30-21-22-16-9-10-29-19(16)20(28)25(21)4/h5-10H,11H2,1-4H3,(H,23,27). The van der Waals surface area contributed by atoms with E-state index in [-0.39, 0.29) is 17.2 Å². The lowest BCUT2D eigenvalue weighted by Crippen LogP contribution is -2.20. The Hall–Kier alpha value is -2.91. The molecule has 0 bridgehead atoms. The van der Waals surface area contributed by atoms with Crippen LogP contribution in [0.3, 0.4) is 0 Å². The van der Waals surface area contributed by atoms with Gasteiger partial charge in [0, 0.05) is 7.05 Å². The Balaban J connectivity index is 1.50. The molecule has 154 valence electrons. The molecule has 4 rings (SSSR count). The summed E-state index contributed by atoms with van der Waals surface area (Å²) in [5.74, 6) is -0.0286. The number of fused-ring (bicyclic) bond motifs is 1. The first kappa shape index (κ1) is 20.4. The number of thioether (sulfide) groups is 1. The van der Waals surface area contributed by atoms with Gasteiger partial charge >= 0.3 is 0 Å². The van der Waals surface area contributed by atoms with Gasteiger partial charge in [-0.3, -0.25) is 14.2 Å². The molecule has 9 heteroatoms. The van der Waals surface area contributed by atoms with Crippen LogP contribution in [0.1, 0.15) is 17.0 Å². The molecular weight excluding hydrogens is 418 g/mol. The van der Waals surface area contributed by atoms with Crippen LogP contribution in [0.5, 0.6) is 0 Å². The van der Waals surface area contributed by atoms with Crippen LogP contribution in [0.25, 0.3) is 15.9 Å². The van der Waals surface area contributed by atoms with Gasteiger partial charge in [-0.15, -0.1) is 11.3 Å². The maximum absolute atomic E-state index is 12.6. The molecule has 3 heterocycles. The highest BCUT2D eigenvalue weighted by Crippen LogP contribution is 2.24. The summed E-state index contributed by atoms with van der Waals surface area (Å²) >= 11 is 2.61. The molecule has 4 aromatic rings. The van der Waals surface area contributed by atoms with Crippen LogP contribution < -0.4 is 10.9 Å². The SMILES string of the molecule is Cc1ccc(-n2nc(C)c(NC(=O)CSc3nc4ccsc4c(=O)n3C)c2C)cc1. The predicted octanol–water partition coefficient (Wildman–Crippen LogP) is 3.84. The molecule has 3 aromatic heterocycles. The van der Waals surface area contributed by atoms with Crippen LogP contribution in [0.15, 0.2) is 45.7 Å². The molecule has 1 amide bonds. The summed E-state index contributed by atoms with van der Waals surface area (Å²) in [5, 5.41) is 9.90. The van der Waals surface area contributed by atoms with E-state index in [9.17, 15) is 9.59 Å². The predicted molar refractivity (Wildman–Crippen MR) is 122 cm³/mol. The molecule has 7 nitrogen and oxygen atoms in total. The number of rotatable bonds is 5. The van der Waals surface area contributed by atoms with E-state index in [1.807, 2.05) is 61.2 Å². The van der Waals surface area contributed by atoms with Gasteiger partial charge in [0.2, 0.25) is 5.91 Å². The lowest BCUT2D eigenvalue weighted by atomic mass is 10.2. The van der Waals surface area contributed by atoms with E-state index >= 15 is 0 Å². The number of hydrogen-bond acceptors (Lipinski definition) is 6. The van der Waals surface area contributed by atoms with E-state index in [1.54, 1.807) is 7.05 Å². The molecule has 0 spiro atoms. The van der Waals surface area contributed by atoms with Crippen LogP contribution in [-0.2, 0) is 11.8 Å². The number of amides is 1. The van der Waals surface area contributed by atoms with Gasteiger partial charge in [0.15, 0.2) is 5.16 Å². The summed E-state index contributed by atoms with van der Waals surface area (Å²) in [7, 11) is 1.68. The Morgan fingerprint density at radius 1 is 1.17 bits per heavy atom. The molecule has 1 N–H and O–H groups in total. The number of nitrogens with zero attached hydrogens (tertiary/aromatic N) is 4. The minimum Gasteiger partial charge on any atom is -0.322 e. The van der Waals surface area contributed by atoms with Crippen LogP contribution in [0, 0.1) is 20.8 Å². The van der Waals surface area contributed by atoms with Gasteiger partial charge in [0.05, 0.1) is 34.0 Å². The third-order valence-electron chi connectivity index (χ3n) is 4.81. The number of nitrogens with one attached hydrogen (secondary N) is 1. The summed E-state index contributed by atoms with van der Waals surface area (Å²) in [4.78, 5) is 29.5. The molecular formula is C21H21N5O2S2. The van der Waals surface area contributed by atoms with Crippen molar-refractivity contribution in [1.82, 2.24) is 19.3 Å². The molecule has 0 fully saturated rings. The van der Waals surface area contributed by atoms with Crippen molar-refractivity contribution in [2.45, 2.75) is 25.9 Å². The van der Waals surface area contributed by atoms with E-state index in [0.717, 1.165) is 17.1 Å². The maximum Gasteiger partial charge on any atom is 0.271 e. The average molecular weight is 440 g/mol. The minimum absolute atomic E-state index is 0.0935. The zero-order chi connectivity index (χ0) is 21.4. The third kappa shape index (κ3) is 3.78. The molecule has 0 aliphatic carbocycles. The van der Waals surface area contributed by atoms with Crippen molar-refractivity contribution >= 4 is 44.9 Å². The molecule has 30 heavy (non-hydrogen) atoms. The molecule has 0 saturated heterocycles. The van der Waals surface area contributed by atoms with E-state index < -0.39 is 0 Å². The van der Waals surface area contributed by atoms with E-state index in [1.165, 1.54) is 33.2 Å². The zero-order valence-corrected chi connectivity index (χ0v) is 18.7. The fourth-order valence-corrected chi connectivity index (χ4v) is 4.74. The Kier molecular flexibility index (Phi) is 5.48. The van der Waals surface area contributed by atoms with Crippen molar-refractivity contribution in [1.29, 1.82) is 0 Å². The first-order valence-electron chi connectivity index (χ1n) is 9.35. The summed E-state index contributed by atoms with van der Waals surface area (Å²) in [6.07, 6.45) is 0. The van der Waals surface area contributed by atoms with Crippen molar-refractivity contribution in [3.63, 3.8) is 0 Å². The highest BCUT2D eigenvalue weighted by atomic mass is 32.2. The highest BCUT2D eigenvalue weighted by molar-refractivity contribution is 7.99. The number of aromatic nitrogens is 4. The van der Waals surface area contributed by atoms with Crippen molar-refractivity contribution in [2.24, 2.45) is 7.05 Å². The van der Waals surface area contributed by atoms with Gasteiger partial charge in [-0.1, -0.05) is 29.5 Å². The number of benzene rings is 1. The highest BCUT2D eigenvalue weighted by Gasteiger charge is 2.17. The van der Waals surface area contributed by atoms with Crippen molar-refractivity contribution in [2.75, 3.05) is 11.1 Å². The topological polar surface area (TPSA) is 81.8 Å². The summed E-state index contributed by atoms with van der Waals surface area (Å²) in [6.45, 7) is 5.84. The van der Waals surface area contributed by atoms with Crippen molar-refractivity contribution in [3.05, 3.63) is 63.0 Å². The Morgan fingerprint density at radius 2 is 1.90 bits per heavy atom. The van der Waals surface area contributed by atoms with Crippen molar-refractivity contribution < 1.29 is 4.79 Å². The number of hydrogen-bond donors (Lipinski definition) is 1. The number of anilines is 1. The second-order valence-electron chi connectivity index (χ2n) is 7.02. The van der Waals surface area contributed by atoms with Gasteiger partial charge in [-0.2, -0.15) is 5.10 Å². The summed E-state index contributed by atoms with van der Waals surface area (Å²) in [5.41, 5.74) is 5.00. The number of carbonyl (C=O) groups excluding carboxylic acids is 1. The van der Waals surface area contributed by atoms with E-state index in [4.69, 9.17) is 0 Å². The Morgan fingerprint density at radius 3 is 2.63 bits per heavy atom. The second-order valence-corrected chi connectivity index (χ2v) is 8.88. The zero-order valence-electron chi connectivity index (χ0n) is 17.1. The third-order valence-corrected chi connectivity index (χ3v) is 6.73. The quantitative estimate of drug-likeness (QED) is 0.377. The maximum atomic E-state index is 12.6. The minimum atomic E-state index is -0.172. The van der Waals surface area contributed by atoms with Gasteiger partial charge < -0.3 is 5.32 Å². The van der Waals surface area contributed by atoms with Gasteiger partial charge in [0.1, 0.15) is 4.70 Å². The Labute approximate surface area is 181 Å². The Bertz CT molecular complexity index is 1300. The van der Waals surface area contributed by atoms with Gasteiger partial charge in [-0.25, -0.2) is 9.67 Å². The molecule has 0 radical (unpaired) electrons. The molecule has 0 atom stereocenters. The number of thiophene rings is 1. The summed E-state index contributed by atoms with van der Waals surface area (Å²) < 4.78 is 3.94. The lowest BCUT2D eigenvalue weighted by Gasteiger charge is -2.09. The van der Waals surface area contributed by atoms with Gasteiger partial charge in [-0.05, 0) is 44.4 Å².